The van der Waals surface area contributed by atoms with Crippen molar-refractivity contribution in [2.45, 2.75) is 30.6 Å². The summed E-state index contributed by atoms with van der Waals surface area (Å²) < 4.78 is 32.7. The zero-order chi connectivity index (χ0) is 22.7. The first-order valence-electron chi connectivity index (χ1n) is 10.8. The van der Waals surface area contributed by atoms with Crippen molar-refractivity contribution in [2.75, 3.05) is 38.6 Å². The van der Waals surface area contributed by atoms with Gasteiger partial charge >= 0.3 is 0 Å². The third-order valence-electron chi connectivity index (χ3n) is 5.92. The average molecular weight is 458 g/mol. The number of nitrogens with one attached hydrogen (secondary N) is 1. The second kappa shape index (κ2) is 9.30. The second-order valence-electron chi connectivity index (χ2n) is 7.97. The summed E-state index contributed by atoms with van der Waals surface area (Å²) in [4.78, 5) is 27.9. The minimum atomic E-state index is -3.69. The predicted molar refractivity (Wildman–Crippen MR) is 121 cm³/mol. The minimum Gasteiger partial charge on any atom is -0.496 e. The first kappa shape index (κ1) is 22.3. The number of ether oxygens (including phenoxy) is 1. The van der Waals surface area contributed by atoms with E-state index in [1.54, 1.807) is 29.2 Å². The lowest BCUT2D eigenvalue weighted by Gasteiger charge is -2.19. The SMILES string of the molecule is COc1ccc(S(=O)(=O)N2CCCC2)cc1C(=O)Nc1ccccc1C(=O)N1CCCC1. The Kier molecular flexibility index (Phi) is 6.48. The van der Waals surface area contributed by atoms with E-state index in [9.17, 15) is 18.0 Å². The molecule has 2 saturated heterocycles. The third kappa shape index (κ3) is 4.35. The first-order valence-corrected chi connectivity index (χ1v) is 12.2. The molecule has 4 rings (SSSR count). The predicted octanol–water partition coefficient (Wildman–Crippen LogP) is 2.97. The van der Waals surface area contributed by atoms with Crippen molar-refractivity contribution in [3.63, 3.8) is 0 Å². The van der Waals surface area contributed by atoms with E-state index in [4.69, 9.17) is 4.74 Å². The maximum atomic E-state index is 13.2. The maximum absolute atomic E-state index is 13.2. The van der Waals surface area contributed by atoms with Gasteiger partial charge in [0.15, 0.2) is 0 Å². The van der Waals surface area contributed by atoms with Gasteiger partial charge in [0.25, 0.3) is 11.8 Å². The van der Waals surface area contributed by atoms with Crippen LogP contribution in [0, 0.1) is 0 Å². The number of benzene rings is 2. The molecule has 2 fully saturated rings. The monoisotopic (exact) mass is 457 g/mol. The van der Waals surface area contributed by atoms with E-state index in [0.29, 0.717) is 37.4 Å². The number of anilines is 1. The second-order valence-corrected chi connectivity index (χ2v) is 9.91. The summed E-state index contributed by atoms with van der Waals surface area (Å²) in [7, 11) is -2.27. The standard InChI is InChI=1S/C23H27N3O5S/c1-31-21-11-10-17(32(29,30)26-14-6-7-15-26)16-19(21)22(27)24-20-9-3-2-8-18(20)23(28)25-12-4-5-13-25/h2-3,8-11,16H,4-7,12-15H2,1H3,(H,24,27). The minimum absolute atomic E-state index is 0.0479. The van der Waals surface area contributed by atoms with Crippen LogP contribution in [-0.2, 0) is 10.0 Å². The summed E-state index contributed by atoms with van der Waals surface area (Å²) in [5, 5.41) is 2.78. The molecule has 32 heavy (non-hydrogen) atoms. The summed E-state index contributed by atoms with van der Waals surface area (Å²) >= 11 is 0. The van der Waals surface area contributed by atoms with Gasteiger partial charge in [-0.05, 0) is 56.0 Å². The average Bonchev–Trinajstić information content (AvgIpc) is 3.53. The Morgan fingerprint density at radius 1 is 0.906 bits per heavy atom. The van der Waals surface area contributed by atoms with Gasteiger partial charge < -0.3 is 15.0 Å². The number of likely N-dealkylation sites (tertiary alicyclic amines) is 1. The summed E-state index contributed by atoms with van der Waals surface area (Å²) in [6.45, 7) is 2.35. The normalized spacial score (nSPS) is 16.8. The zero-order valence-corrected chi connectivity index (χ0v) is 18.9. The van der Waals surface area contributed by atoms with Crippen LogP contribution in [-0.4, -0.2) is 62.7 Å². The summed E-state index contributed by atoms with van der Waals surface area (Å²) in [5.41, 5.74) is 0.878. The molecular formula is C23H27N3O5S. The summed E-state index contributed by atoms with van der Waals surface area (Å²) in [6, 6.07) is 11.1. The fourth-order valence-corrected chi connectivity index (χ4v) is 5.71. The molecule has 2 amide bonds. The van der Waals surface area contributed by atoms with Crippen molar-refractivity contribution in [3.8, 4) is 5.75 Å². The van der Waals surface area contributed by atoms with Crippen LogP contribution >= 0.6 is 0 Å². The van der Waals surface area contributed by atoms with Crippen LogP contribution in [0.3, 0.4) is 0 Å². The Morgan fingerprint density at radius 2 is 1.56 bits per heavy atom. The van der Waals surface area contributed by atoms with Gasteiger partial charge in [-0.1, -0.05) is 12.1 Å². The van der Waals surface area contributed by atoms with Gasteiger partial charge in [0, 0.05) is 26.2 Å². The number of methoxy groups -OCH3 is 1. The lowest BCUT2D eigenvalue weighted by molar-refractivity contribution is 0.0794. The molecule has 2 aliphatic rings. The Labute approximate surface area is 188 Å². The van der Waals surface area contributed by atoms with Gasteiger partial charge in [0.2, 0.25) is 10.0 Å². The maximum Gasteiger partial charge on any atom is 0.259 e. The largest absolute Gasteiger partial charge is 0.496 e. The molecule has 9 heteroatoms. The molecule has 0 spiro atoms. The molecule has 2 heterocycles. The van der Waals surface area contributed by atoms with Gasteiger partial charge in [0.05, 0.1) is 28.8 Å². The van der Waals surface area contributed by atoms with Crippen molar-refractivity contribution in [1.82, 2.24) is 9.21 Å². The number of amides is 2. The molecule has 0 atom stereocenters. The van der Waals surface area contributed by atoms with E-state index < -0.39 is 15.9 Å². The van der Waals surface area contributed by atoms with Crippen LogP contribution in [0.1, 0.15) is 46.4 Å². The van der Waals surface area contributed by atoms with Crippen LogP contribution in [0.4, 0.5) is 5.69 Å². The Balaban J connectivity index is 1.63. The highest BCUT2D eigenvalue weighted by Gasteiger charge is 2.29. The molecule has 2 aromatic rings. The van der Waals surface area contributed by atoms with Crippen LogP contribution in [0.2, 0.25) is 0 Å². The molecule has 0 aromatic heterocycles. The fourth-order valence-electron chi connectivity index (χ4n) is 4.16. The van der Waals surface area contributed by atoms with Crippen molar-refractivity contribution in [1.29, 1.82) is 0 Å². The molecule has 0 bridgehead atoms. The molecule has 1 N–H and O–H groups in total. The van der Waals surface area contributed by atoms with Gasteiger partial charge in [-0.15, -0.1) is 0 Å². The summed E-state index contributed by atoms with van der Waals surface area (Å²) in [6.07, 6.45) is 3.58. The highest BCUT2D eigenvalue weighted by atomic mass is 32.2. The molecule has 2 aliphatic heterocycles. The first-order chi connectivity index (χ1) is 15.4. The van der Waals surface area contributed by atoms with E-state index >= 15 is 0 Å². The molecule has 2 aromatic carbocycles. The quantitative estimate of drug-likeness (QED) is 0.720. The number of hydrogen-bond acceptors (Lipinski definition) is 5. The number of para-hydroxylation sites is 1. The smallest absolute Gasteiger partial charge is 0.259 e. The molecule has 8 nitrogen and oxygen atoms in total. The molecule has 170 valence electrons. The van der Waals surface area contributed by atoms with Crippen LogP contribution < -0.4 is 10.1 Å². The van der Waals surface area contributed by atoms with E-state index in [2.05, 4.69) is 5.32 Å². The third-order valence-corrected chi connectivity index (χ3v) is 7.81. The van der Waals surface area contributed by atoms with Gasteiger partial charge in [-0.3, -0.25) is 9.59 Å². The number of sulfonamides is 1. The van der Waals surface area contributed by atoms with Gasteiger partial charge in [-0.25, -0.2) is 8.42 Å². The Hall–Kier alpha value is -2.91. The van der Waals surface area contributed by atoms with Crippen molar-refractivity contribution < 1.29 is 22.7 Å². The van der Waals surface area contributed by atoms with Crippen molar-refractivity contribution >= 4 is 27.5 Å². The van der Waals surface area contributed by atoms with Crippen molar-refractivity contribution in [3.05, 3.63) is 53.6 Å². The van der Waals surface area contributed by atoms with E-state index in [-0.39, 0.29) is 22.1 Å². The van der Waals surface area contributed by atoms with E-state index in [1.807, 2.05) is 0 Å². The summed E-state index contributed by atoms with van der Waals surface area (Å²) in [5.74, 6) is -0.413. The zero-order valence-electron chi connectivity index (χ0n) is 18.0. The van der Waals surface area contributed by atoms with E-state index in [0.717, 1.165) is 25.7 Å². The van der Waals surface area contributed by atoms with Gasteiger partial charge in [0.1, 0.15) is 5.75 Å². The number of carbonyl (C=O) groups is 2. The molecule has 0 unspecified atom stereocenters. The number of hydrogen-bond donors (Lipinski definition) is 1. The lowest BCUT2D eigenvalue weighted by Crippen LogP contribution is -2.29. The van der Waals surface area contributed by atoms with Gasteiger partial charge in [-0.2, -0.15) is 4.31 Å². The molecular weight excluding hydrogens is 430 g/mol. The number of carbonyl (C=O) groups excluding carboxylic acids is 2. The van der Waals surface area contributed by atoms with Crippen LogP contribution in [0.5, 0.6) is 5.75 Å². The molecule has 0 radical (unpaired) electrons. The van der Waals surface area contributed by atoms with Crippen molar-refractivity contribution in [2.24, 2.45) is 0 Å². The molecule has 0 saturated carbocycles. The molecule has 0 aliphatic carbocycles. The highest BCUT2D eigenvalue weighted by molar-refractivity contribution is 7.89. The van der Waals surface area contributed by atoms with Crippen LogP contribution in [0.15, 0.2) is 47.4 Å². The lowest BCUT2D eigenvalue weighted by atomic mass is 10.1. The van der Waals surface area contributed by atoms with Crippen LogP contribution in [0.25, 0.3) is 0 Å². The fraction of sp³-hybridized carbons (Fsp3) is 0.391. The number of nitrogens with zero attached hydrogens (tertiary/aromatic N) is 2. The highest BCUT2D eigenvalue weighted by Crippen LogP contribution is 2.28. The Morgan fingerprint density at radius 3 is 2.25 bits per heavy atom. The number of rotatable bonds is 6. The Bertz CT molecular complexity index is 1120. The van der Waals surface area contributed by atoms with E-state index in [1.165, 1.54) is 29.6 Å². The topological polar surface area (TPSA) is 96.0 Å².